The zero-order chi connectivity index (χ0) is 14.3. The van der Waals surface area contributed by atoms with Gasteiger partial charge >= 0.3 is 0 Å². The zero-order valence-corrected chi connectivity index (χ0v) is 13.1. The smallest absolute Gasteiger partial charge is 0.0625 e. The minimum atomic E-state index is -0.534. The lowest BCUT2D eigenvalue weighted by molar-refractivity contribution is 0.0302. The van der Waals surface area contributed by atoms with Crippen LogP contribution in [0.1, 0.15) is 64.5 Å². The molecule has 108 valence electrons. The summed E-state index contributed by atoms with van der Waals surface area (Å²) in [6.45, 7) is 8.53. The Morgan fingerprint density at radius 2 is 1.79 bits per heavy atom. The molecule has 19 heavy (non-hydrogen) atoms. The highest BCUT2D eigenvalue weighted by molar-refractivity contribution is 5.23. The molecule has 0 radical (unpaired) electrons. The number of hydrogen-bond donors (Lipinski definition) is 1. The number of aryl methyl sites for hydroxylation is 2. The van der Waals surface area contributed by atoms with Crippen molar-refractivity contribution >= 4 is 0 Å². The van der Waals surface area contributed by atoms with Crippen molar-refractivity contribution < 1.29 is 5.11 Å². The van der Waals surface area contributed by atoms with Crippen molar-refractivity contribution in [3.63, 3.8) is 0 Å². The van der Waals surface area contributed by atoms with E-state index in [4.69, 9.17) is 0 Å². The van der Waals surface area contributed by atoms with E-state index in [1.165, 1.54) is 30.4 Å². The summed E-state index contributed by atoms with van der Waals surface area (Å²) in [7, 11) is 0. The summed E-state index contributed by atoms with van der Waals surface area (Å²) in [5, 5.41) is 10.4. The second-order valence-electron chi connectivity index (χ2n) is 6.52. The van der Waals surface area contributed by atoms with Gasteiger partial charge in [-0.2, -0.15) is 0 Å². The van der Waals surface area contributed by atoms with E-state index in [0.29, 0.717) is 5.92 Å². The van der Waals surface area contributed by atoms with Crippen LogP contribution in [0.4, 0.5) is 0 Å². The summed E-state index contributed by atoms with van der Waals surface area (Å²) in [6, 6.07) is 8.85. The highest BCUT2D eigenvalue weighted by Gasteiger charge is 2.21. The summed E-state index contributed by atoms with van der Waals surface area (Å²) in [5.74, 6) is 0.547. The van der Waals surface area contributed by atoms with Crippen molar-refractivity contribution in [3.8, 4) is 0 Å². The van der Waals surface area contributed by atoms with Crippen LogP contribution in [0.2, 0.25) is 0 Å². The van der Waals surface area contributed by atoms with Gasteiger partial charge in [0.05, 0.1) is 5.60 Å². The Labute approximate surface area is 119 Å². The van der Waals surface area contributed by atoms with Gasteiger partial charge in [0.1, 0.15) is 0 Å². The minimum Gasteiger partial charge on any atom is -0.390 e. The molecule has 1 aromatic rings. The summed E-state index contributed by atoms with van der Waals surface area (Å²) in [6.07, 6.45) is 6.37. The van der Waals surface area contributed by atoms with E-state index in [1.807, 2.05) is 6.92 Å². The third-order valence-electron chi connectivity index (χ3n) is 3.61. The summed E-state index contributed by atoms with van der Waals surface area (Å²) < 4.78 is 0. The highest BCUT2D eigenvalue weighted by atomic mass is 16.3. The van der Waals surface area contributed by atoms with Crippen LogP contribution in [-0.2, 0) is 12.8 Å². The summed E-state index contributed by atoms with van der Waals surface area (Å²) >= 11 is 0. The molecule has 0 spiro atoms. The average Bonchev–Trinajstić information content (AvgIpc) is 2.33. The number of aliphatic hydroxyl groups is 1. The first kappa shape index (κ1) is 16.2. The summed E-state index contributed by atoms with van der Waals surface area (Å²) in [5.41, 5.74) is 2.26. The van der Waals surface area contributed by atoms with Gasteiger partial charge in [-0.05, 0) is 56.1 Å². The lowest BCUT2D eigenvalue weighted by Crippen LogP contribution is -2.26. The molecule has 1 N–H and O–H groups in total. The van der Waals surface area contributed by atoms with Crippen LogP contribution in [0.3, 0.4) is 0 Å². The van der Waals surface area contributed by atoms with Gasteiger partial charge in [0.2, 0.25) is 0 Å². The van der Waals surface area contributed by atoms with Crippen LogP contribution in [0, 0.1) is 5.92 Å². The van der Waals surface area contributed by atoms with Crippen molar-refractivity contribution in [1.29, 1.82) is 0 Å². The van der Waals surface area contributed by atoms with Crippen LogP contribution in [-0.4, -0.2) is 10.7 Å². The van der Waals surface area contributed by atoms with Gasteiger partial charge in [-0.1, -0.05) is 51.5 Å². The van der Waals surface area contributed by atoms with Crippen molar-refractivity contribution in [2.45, 2.75) is 71.8 Å². The first-order valence-electron chi connectivity index (χ1n) is 7.73. The van der Waals surface area contributed by atoms with Crippen LogP contribution >= 0.6 is 0 Å². The molecule has 1 atom stereocenters. The maximum atomic E-state index is 10.4. The SMILES string of the molecule is CCCCc1cccc(CCC(C)(O)CC(C)C)c1. The van der Waals surface area contributed by atoms with Gasteiger partial charge in [0, 0.05) is 0 Å². The largest absolute Gasteiger partial charge is 0.390 e. The second-order valence-corrected chi connectivity index (χ2v) is 6.52. The molecular formula is C18H30O. The monoisotopic (exact) mass is 262 g/mol. The fourth-order valence-corrected chi connectivity index (χ4v) is 2.72. The number of unbranched alkanes of at least 4 members (excludes halogenated alkanes) is 1. The highest BCUT2D eigenvalue weighted by Crippen LogP contribution is 2.22. The molecule has 0 fully saturated rings. The van der Waals surface area contributed by atoms with E-state index < -0.39 is 5.60 Å². The standard InChI is InChI=1S/C18H30O/c1-5-6-8-16-9-7-10-17(13-16)11-12-18(4,19)14-15(2)3/h7,9-10,13,15,19H,5-6,8,11-12,14H2,1-4H3. The molecular weight excluding hydrogens is 232 g/mol. The predicted octanol–water partition coefficient (Wildman–Crippen LogP) is 4.76. The second kappa shape index (κ2) is 7.69. The number of rotatable bonds is 8. The molecule has 0 saturated carbocycles. The van der Waals surface area contributed by atoms with Gasteiger partial charge in [0.15, 0.2) is 0 Å². The van der Waals surface area contributed by atoms with E-state index in [-0.39, 0.29) is 0 Å². The maximum absolute atomic E-state index is 10.4. The molecule has 0 aliphatic heterocycles. The first-order chi connectivity index (χ1) is 8.93. The van der Waals surface area contributed by atoms with Gasteiger partial charge in [0.25, 0.3) is 0 Å². The third-order valence-corrected chi connectivity index (χ3v) is 3.61. The normalized spacial score (nSPS) is 14.6. The molecule has 0 aromatic heterocycles. The van der Waals surface area contributed by atoms with Gasteiger partial charge in [-0.25, -0.2) is 0 Å². The van der Waals surface area contributed by atoms with Crippen molar-refractivity contribution in [3.05, 3.63) is 35.4 Å². The molecule has 0 amide bonds. The molecule has 0 aliphatic carbocycles. The van der Waals surface area contributed by atoms with Crippen LogP contribution < -0.4 is 0 Å². The molecule has 0 bridgehead atoms. The van der Waals surface area contributed by atoms with Gasteiger partial charge in [-0.3, -0.25) is 0 Å². The van der Waals surface area contributed by atoms with Crippen molar-refractivity contribution in [2.75, 3.05) is 0 Å². The van der Waals surface area contributed by atoms with Gasteiger partial charge in [-0.15, -0.1) is 0 Å². The summed E-state index contributed by atoms with van der Waals surface area (Å²) in [4.78, 5) is 0. The fourth-order valence-electron chi connectivity index (χ4n) is 2.72. The molecule has 1 heteroatoms. The Bertz CT molecular complexity index is 366. The van der Waals surface area contributed by atoms with E-state index >= 15 is 0 Å². The molecule has 1 aromatic carbocycles. The quantitative estimate of drug-likeness (QED) is 0.716. The predicted molar refractivity (Wildman–Crippen MR) is 83.5 cm³/mol. The van der Waals surface area contributed by atoms with E-state index in [2.05, 4.69) is 45.0 Å². The zero-order valence-electron chi connectivity index (χ0n) is 13.1. The van der Waals surface area contributed by atoms with Crippen molar-refractivity contribution in [1.82, 2.24) is 0 Å². The Morgan fingerprint density at radius 3 is 2.37 bits per heavy atom. The molecule has 1 nitrogen and oxygen atoms in total. The molecule has 0 aliphatic rings. The Kier molecular flexibility index (Phi) is 6.57. The van der Waals surface area contributed by atoms with Crippen LogP contribution in [0.5, 0.6) is 0 Å². The van der Waals surface area contributed by atoms with Gasteiger partial charge < -0.3 is 5.11 Å². The van der Waals surface area contributed by atoms with E-state index in [0.717, 1.165) is 19.3 Å². The molecule has 1 rings (SSSR count). The topological polar surface area (TPSA) is 20.2 Å². The Hall–Kier alpha value is -0.820. The lowest BCUT2D eigenvalue weighted by atomic mass is 9.88. The Morgan fingerprint density at radius 1 is 1.16 bits per heavy atom. The molecule has 0 heterocycles. The first-order valence-corrected chi connectivity index (χ1v) is 7.73. The molecule has 0 saturated heterocycles. The fraction of sp³-hybridized carbons (Fsp3) is 0.667. The number of hydrogen-bond acceptors (Lipinski definition) is 1. The van der Waals surface area contributed by atoms with Crippen LogP contribution in [0.25, 0.3) is 0 Å². The third kappa shape index (κ3) is 6.77. The minimum absolute atomic E-state index is 0.534. The molecule has 1 unspecified atom stereocenters. The Balaban J connectivity index is 2.52. The van der Waals surface area contributed by atoms with E-state index in [9.17, 15) is 5.11 Å². The number of benzene rings is 1. The van der Waals surface area contributed by atoms with Crippen LogP contribution in [0.15, 0.2) is 24.3 Å². The van der Waals surface area contributed by atoms with E-state index in [1.54, 1.807) is 0 Å². The average molecular weight is 262 g/mol. The lowest BCUT2D eigenvalue weighted by Gasteiger charge is -2.25. The van der Waals surface area contributed by atoms with Crippen molar-refractivity contribution in [2.24, 2.45) is 5.92 Å². The maximum Gasteiger partial charge on any atom is 0.0625 e.